The van der Waals surface area contributed by atoms with Gasteiger partial charge in [0.25, 0.3) is 5.91 Å². The fourth-order valence-corrected chi connectivity index (χ4v) is 3.08. The normalized spacial score (nSPS) is 16.2. The number of nitrogens with zero attached hydrogens (tertiary/aromatic N) is 1. The van der Waals surface area contributed by atoms with Crippen LogP contribution in [0.15, 0.2) is 42.5 Å². The van der Waals surface area contributed by atoms with E-state index in [1.807, 2.05) is 30.3 Å². The molecule has 1 amide bonds. The summed E-state index contributed by atoms with van der Waals surface area (Å²) in [6.07, 6.45) is 2.17. The number of nitrogens with one attached hydrogen (secondary N) is 1. The van der Waals surface area contributed by atoms with Crippen molar-refractivity contribution in [3.8, 4) is 0 Å². The molecule has 0 atom stereocenters. The van der Waals surface area contributed by atoms with Crippen LogP contribution in [-0.4, -0.2) is 12.5 Å². The summed E-state index contributed by atoms with van der Waals surface area (Å²) in [7, 11) is 0. The quantitative estimate of drug-likeness (QED) is 0.777. The highest BCUT2D eigenvalue weighted by atomic mass is 16.1. The third-order valence-corrected chi connectivity index (χ3v) is 3.91. The lowest BCUT2D eigenvalue weighted by atomic mass is 9.97. The van der Waals surface area contributed by atoms with Gasteiger partial charge in [0, 0.05) is 6.54 Å². The Balaban J connectivity index is 2.04. The van der Waals surface area contributed by atoms with Crippen LogP contribution in [0.3, 0.4) is 0 Å². The van der Waals surface area contributed by atoms with Gasteiger partial charge in [-0.15, -0.1) is 0 Å². The second-order valence-corrected chi connectivity index (χ2v) is 5.04. The maximum absolute atomic E-state index is 12.4. The second-order valence-electron chi connectivity index (χ2n) is 5.04. The van der Waals surface area contributed by atoms with E-state index in [1.165, 1.54) is 5.56 Å². The predicted octanol–water partition coefficient (Wildman–Crippen LogP) is 3.34. The molecule has 4 rings (SSSR count). The number of benzene rings is 2. The largest absolute Gasteiger partial charge is 0.339 e. The van der Waals surface area contributed by atoms with Gasteiger partial charge in [0.05, 0.1) is 22.6 Å². The van der Waals surface area contributed by atoms with Crippen molar-refractivity contribution in [2.45, 2.75) is 12.8 Å². The van der Waals surface area contributed by atoms with E-state index >= 15 is 0 Å². The Bertz CT molecular complexity index is 678. The summed E-state index contributed by atoms with van der Waals surface area (Å²) in [4.78, 5) is 14.6. The number of carbonyl (C=O) groups is 1. The first kappa shape index (κ1) is 10.6. The summed E-state index contributed by atoms with van der Waals surface area (Å²) in [6, 6.07) is 14.0. The Morgan fingerprint density at radius 2 is 1.95 bits per heavy atom. The molecule has 2 aromatic rings. The van der Waals surface area contributed by atoms with Crippen molar-refractivity contribution in [2.24, 2.45) is 0 Å². The molecule has 0 aliphatic carbocycles. The number of anilines is 3. The molecule has 19 heavy (non-hydrogen) atoms. The lowest BCUT2D eigenvalue weighted by molar-refractivity contribution is 0.102. The van der Waals surface area contributed by atoms with E-state index in [0.29, 0.717) is 0 Å². The molecule has 0 unspecified atom stereocenters. The summed E-state index contributed by atoms with van der Waals surface area (Å²) in [5, 5.41) is 3.02. The molecule has 0 fully saturated rings. The molecule has 2 aliphatic heterocycles. The summed E-state index contributed by atoms with van der Waals surface area (Å²) < 4.78 is 0. The van der Waals surface area contributed by atoms with E-state index in [0.717, 1.165) is 42.0 Å². The smallest absolute Gasteiger partial charge is 0.257 e. The minimum Gasteiger partial charge on any atom is -0.339 e. The lowest BCUT2D eigenvalue weighted by Gasteiger charge is -2.31. The number of aryl methyl sites for hydroxylation is 1. The highest BCUT2D eigenvalue weighted by Crippen LogP contribution is 2.42. The summed E-state index contributed by atoms with van der Waals surface area (Å²) in [6.45, 7) is 0.968. The van der Waals surface area contributed by atoms with Gasteiger partial charge in [-0.3, -0.25) is 4.79 Å². The van der Waals surface area contributed by atoms with Gasteiger partial charge in [-0.05, 0) is 36.6 Å². The van der Waals surface area contributed by atoms with Crippen molar-refractivity contribution < 1.29 is 4.79 Å². The van der Waals surface area contributed by atoms with E-state index < -0.39 is 0 Å². The molecule has 1 N–H and O–H groups in total. The Labute approximate surface area is 111 Å². The van der Waals surface area contributed by atoms with Gasteiger partial charge in [0.15, 0.2) is 0 Å². The fraction of sp³-hybridized carbons (Fsp3) is 0.188. The minimum absolute atomic E-state index is 0.00583. The fourth-order valence-electron chi connectivity index (χ4n) is 3.08. The predicted molar refractivity (Wildman–Crippen MR) is 76.2 cm³/mol. The number of rotatable bonds is 0. The highest BCUT2D eigenvalue weighted by molar-refractivity contribution is 6.13. The Morgan fingerprint density at radius 3 is 2.89 bits per heavy atom. The van der Waals surface area contributed by atoms with Crippen LogP contribution in [0, 0.1) is 0 Å². The SMILES string of the molecule is O=C1Nc2ccccc2N2CCCc3cccc1c32. The summed E-state index contributed by atoms with van der Waals surface area (Å²) in [5.41, 5.74) is 5.15. The van der Waals surface area contributed by atoms with Crippen LogP contribution in [0.2, 0.25) is 0 Å². The maximum atomic E-state index is 12.4. The Hall–Kier alpha value is -2.29. The molecule has 2 heterocycles. The lowest BCUT2D eigenvalue weighted by Crippen LogP contribution is -2.25. The van der Waals surface area contributed by atoms with Crippen LogP contribution in [0.1, 0.15) is 22.3 Å². The second kappa shape index (κ2) is 3.85. The van der Waals surface area contributed by atoms with Crippen molar-refractivity contribution in [1.29, 1.82) is 0 Å². The van der Waals surface area contributed by atoms with Crippen molar-refractivity contribution in [1.82, 2.24) is 0 Å². The van der Waals surface area contributed by atoms with E-state index in [9.17, 15) is 4.79 Å². The number of hydrogen-bond acceptors (Lipinski definition) is 2. The van der Waals surface area contributed by atoms with Crippen LogP contribution < -0.4 is 10.2 Å². The zero-order valence-electron chi connectivity index (χ0n) is 10.5. The van der Waals surface area contributed by atoms with E-state index in [-0.39, 0.29) is 5.91 Å². The van der Waals surface area contributed by atoms with Gasteiger partial charge in [-0.2, -0.15) is 0 Å². The van der Waals surface area contributed by atoms with E-state index in [2.05, 4.69) is 22.3 Å². The topological polar surface area (TPSA) is 32.3 Å². The van der Waals surface area contributed by atoms with Gasteiger partial charge in [0.1, 0.15) is 0 Å². The van der Waals surface area contributed by atoms with Crippen LogP contribution in [-0.2, 0) is 6.42 Å². The number of carbonyl (C=O) groups excluding carboxylic acids is 1. The van der Waals surface area contributed by atoms with E-state index in [4.69, 9.17) is 0 Å². The number of amides is 1. The average molecular weight is 250 g/mol. The van der Waals surface area contributed by atoms with Crippen molar-refractivity contribution in [2.75, 3.05) is 16.8 Å². The molecule has 0 saturated carbocycles. The summed E-state index contributed by atoms with van der Waals surface area (Å²) in [5.74, 6) is -0.00583. The van der Waals surface area contributed by atoms with Gasteiger partial charge >= 0.3 is 0 Å². The molecule has 0 saturated heterocycles. The summed E-state index contributed by atoms with van der Waals surface area (Å²) >= 11 is 0. The minimum atomic E-state index is -0.00583. The first-order valence-electron chi connectivity index (χ1n) is 6.64. The molecule has 3 heteroatoms. The molecular weight excluding hydrogens is 236 g/mol. The van der Waals surface area contributed by atoms with Crippen LogP contribution in [0.5, 0.6) is 0 Å². The van der Waals surface area contributed by atoms with E-state index in [1.54, 1.807) is 0 Å². The van der Waals surface area contributed by atoms with Gasteiger partial charge in [-0.25, -0.2) is 0 Å². The van der Waals surface area contributed by atoms with Crippen LogP contribution in [0.25, 0.3) is 0 Å². The Kier molecular flexibility index (Phi) is 2.15. The third kappa shape index (κ3) is 1.48. The highest BCUT2D eigenvalue weighted by Gasteiger charge is 2.28. The number of fused-ring (bicyclic) bond motifs is 2. The monoisotopic (exact) mass is 250 g/mol. The molecular formula is C16H14N2O. The average Bonchev–Trinajstić information content (AvgIpc) is 2.57. The molecule has 0 spiro atoms. The molecule has 3 nitrogen and oxygen atoms in total. The molecule has 2 aromatic carbocycles. The Morgan fingerprint density at radius 1 is 1.05 bits per heavy atom. The number of hydrogen-bond donors (Lipinski definition) is 1. The first-order valence-corrected chi connectivity index (χ1v) is 6.64. The zero-order chi connectivity index (χ0) is 12.8. The standard InChI is InChI=1S/C16H14N2O/c19-16-12-7-3-5-11-6-4-10-18(15(11)12)14-9-2-1-8-13(14)17-16/h1-3,5,7-9H,4,6,10H2,(H,17,19). The third-order valence-electron chi connectivity index (χ3n) is 3.91. The first-order chi connectivity index (χ1) is 9.34. The van der Waals surface area contributed by atoms with Crippen molar-refractivity contribution >= 4 is 23.0 Å². The zero-order valence-corrected chi connectivity index (χ0v) is 10.5. The molecule has 0 bridgehead atoms. The van der Waals surface area contributed by atoms with Gasteiger partial charge in [0.2, 0.25) is 0 Å². The van der Waals surface area contributed by atoms with Crippen LogP contribution >= 0.6 is 0 Å². The van der Waals surface area contributed by atoms with Gasteiger partial charge < -0.3 is 10.2 Å². The maximum Gasteiger partial charge on any atom is 0.257 e. The molecule has 2 aliphatic rings. The number of para-hydroxylation sites is 3. The van der Waals surface area contributed by atoms with Crippen molar-refractivity contribution in [3.63, 3.8) is 0 Å². The van der Waals surface area contributed by atoms with Crippen LogP contribution in [0.4, 0.5) is 17.1 Å². The molecule has 0 aromatic heterocycles. The molecule has 94 valence electrons. The van der Waals surface area contributed by atoms with Crippen molar-refractivity contribution in [3.05, 3.63) is 53.6 Å². The van der Waals surface area contributed by atoms with Gasteiger partial charge in [-0.1, -0.05) is 24.3 Å². The molecule has 0 radical (unpaired) electrons.